The number of nitrogen functional groups attached to an aromatic ring is 1. The second kappa shape index (κ2) is 5.73. The van der Waals surface area contributed by atoms with Crippen molar-refractivity contribution in [2.75, 3.05) is 17.6 Å². The molecule has 0 unspecified atom stereocenters. The van der Waals surface area contributed by atoms with Gasteiger partial charge in [0.05, 0.1) is 17.7 Å². The zero-order chi connectivity index (χ0) is 14.7. The van der Waals surface area contributed by atoms with E-state index in [1.807, 2.05) is 13.8 Å². The monoisotopic (exact) mass is 276 g/mol. The zero-order valence-electron chi connectivity index (χ0n) is 11.4. The van der Waals surface area contributed by atoms with E-state index < -0.39 is 5.82 Å². The van der Waals surface area contributed by atoms with Gasteiger partial charge in [0.2, 0.25) is 5.91 Å². The number of hydrogen-bond donors (Lipinski definition) is 3. The summed E-state index contributed by atoms with van der Waals surface area (Å²) in [5, 5.41) is 6.16. The number of hydrogen-bond acceptors (Lipinski definition) is 4. The molecular formula is C14H17FN4O. The predicted octanol–water partition coefficient (Wildman–Crippen LogP) is 1.89. The van der Waals surface area contributed by atoms with Crippen LogP contribution in [-0.4, -0.2) is 23.5 Å². The second-order valence-electron chi connectivity index (χ2n) is 4.80. The SMILES string of the molecule is CC(C)NC(=O)CNc1c(F)cc(N)c2cccnc12. The van der Waals surface area contributed by atoms with E-state index in [9.17, 15) is 9.18 Å². The third-order valence-electron chi connectivity index (χ3n) is 2.75. The third kappa shape index (κ3) is 2.96. The number of rotatable bonds is 4. The average molecular weight is 276 g/mol. The fraction of sp³-hybridized carbons (Fsp3) is 0.286. The van der Waals surface area contributed by atoms with Gasteiger partial charge in [-0.05, 0) is 32.0 Å². The number of pyridine rings is 1. The Morgan fingerprint density at radius 2 is 2.25 bits per heavy atom. The van der Waals surface area contributed by atoms with Crippen LogP contribution < -0.4 is 16.4 Å². The van der Waals surface area contributed by atoms with E-state index in [4.69, 9.17) is 5.73 Å². The van der Waals surface area contributed by atoms with E-state index in [0.717, 1.165) is 0 Å². The van der Waals surface area contributed by atoms with Gasteiger partial charge in [-0.15, -0.1) is 0 Å². The maximum Gasteiger partial charge on any atom is 0.239 e. The first-order valence-corrected chi connectivity index (χ1v) is 6.35. The number of nitrogens with two attached hydrogens (primary N) is 1. The molecule has 0 bridgehead atoms. The summed E-state index contributed by atoms with van der Waals surface area (Å²) in [7, 11) is 0. The molecule has 4 N–H and O–H groups in total. The molecule has 6 heteroatoms. The average Bonchev–Trinajstić information content (AvgIpc) is 2.37. The van der Waals surface area contributed by atoms with Crippen LogP contribution in [0.1, 0.15) is 13.8 Å². The van der Waals surface area contributed by atoms with Gasteiger partial charge in [-0.1, -0.05) is 0 Å². The number of aromatic nitrogens is 1. The minimum absolute atomic E-state index is 0.0231. The topological polar surface area (TPSA) is 80.0 Å². The van der Waals surface area contributed by atoms with Crippen molar-refractivity contribution in [1.29, 1.82) is 0 Å². The van der Waals surface area contributed by atoms with Crippen LogP contribution in [-0.2, 0) is 4.79 Å². The van der Waals surface area contributed by atoms with Crippen LogP contribution in [0.5, 0.6) is 0 Å². The second-order valence-corrected chi connectivity index (χ2v) is 4.80. The number of benzene rings is 1. The first-order valence-electron chi connectivity index (χ1n) is 6.35. The van der Waals surface area contributed by atoms with Crippen molar-refractivity contribution >= 4 is 28.2 Å². The Bertz CT molecular complexity index is 642. The maximum absolute atomic E-state index is 14.0. The van der Waals surface area contributed by atoms with E-state index in [-0.39, 0.29) is 24.2 Å². The van der Waals surface area contributed by atoms with Gasteiger partial charge in [0.15, 0.2) is 5.82 Å². The molecule has 2 aromatic rings. The highest BCUT2D eigenvalue weighted by molar-refractivity contribution is 5.99. The summed E-state index contributed by atoms with van der Waals surface area (Å²) in [5.74, 6) is -0.730. The van der Waals surface area contributed by atoms with Crippen molar-refractivity contribution in [3.8, 4) is 0 Å². The lowest BCUT2D eigenvalue weighted by atomic mass is 10.1. The van der Waals surface area contributed by atoms with Gasteiger partial charge in [-0.25, -0.2) is 4.39 Å². The van der Waals surface area contributed by atoms with E-state index in [2.05, 4.69) is 15.6 Å². The van der Waals surface area contributed by atoms with E-state index in [1.165, 1.54) is 6.07 Å². The van der Waals surface area contributed by atoms with Crippen molar-refractivity contribution in [2.45, 2.75) is 19.9 Å². The Labute approximate surface area is 116 Å². The molecule has 1 aromatic carbocycles. The summed E-state index contributed by atoms with van der Waals surface area (Å²) < 4.78 is 14.0. The van der Waals surface area contributed by atoms with Crippen molar-refractivity contribution in [3.63, 3.8) is 0 Å². The molecule has 0 radical (unpaired) electrons. The van der Waals surface area contributed by atoms with Crippen LogP contribution in [0.3, 0.4) is 0 Å². The first kappa shape index (κ1) is 14.0. The van der Waals surface area contributed by atoms with Crippen molar-refractivity contribution < 1.29 is 9.18 Å². The lowest BCUT2D eigenvalue weighted by molar-refractivity contribution is -0.119. The van der Waals surface area contributed by atoms with Gasteiger partial charge < -0.3 is 16.4 Å². The number of halogens is 1. The molecule has 20 heavy (non-hydrogen) atoms. The summed E-state index contributed by atoms with van der Waals surface area (Å²) in [6.07, 6.45) is 1.56. The zero-order valence-corrected chi connectivity index (χ0v) is 11.4. The van der Waals surface area contributed by atoms with E-state index >= 15 is 0 Å². The highest BCUT2D eigenvalue weighted by Gasteiger charge is 2.13. The lowest BCUT2D eigenvalue weighted by Gasteiger charge is -2.13. The van der Waals surface area contributed by atoms with Crippen LogP contribution >= 0.6 is 0 Å². The number of nitrogens with one attached hydrogen (secondary N) is 2. The minimum Gasteiger partial charge on any atom is -0.398 e. The normalized spacial score (nSPS) is 10.8. The van der Waals surface area contributed by atoms with Crippen molar-refractivity contribution in [1.82, 2.24) is 10.3 Å². The molecule has 0 aliphatic rings. The summed E-state index contributed by atoms with van der Waals surface area (Å²) in [4.78, 5) is 15.7. The molecule has 1 heterocycles. The molecule has 5 nitrogen and oxygen atoms in total. The van der Waals surface area contributed by atoms with Crippen LogP contribution in [0.4, 0.5) is 15.8 Å². The Kier molecular flexibility index (Phi) is 4.02. The fourth-order valence-corrected chi connectivity index (χ4v) is 1.95. The molecule has 0 fully saturated rings. The number of amides is 1. The molecule has 2 rings (SSSR count). The highest BCUT2D eigenvalue weighted by Crippen LogP contribution is 2.29. The molecule has 0 saturated heterocycles. The molecule has 0 atom stereocenters. The summed E-state index contributed by atoms with van der Waals surface area (Å²) >= 11 is 0. The van der Waals surface area contributed by atoms with Crippen LogP contribution in [0.25, 0.3) is 10.9 Å². The summed E-state index contributed by atoms with van der Waals surface area (Å²) in [5.41, 5.74) is 6.69. The number of carbonyl (C=O) groups excluding carboxylic acids is 1. The van der Waals surface area contributed by atoms with Gasteiger partial charge in [0.1, 0.15) is 0 Å². The molecule has 0 aliphatic carbocycles. The van der Waals surface area contributed by atoms with Crippen LogP contribution in [0.2, 0.25) is 0 Å². The Morgan fingerprint density at radius 3 is 2.95 bits per heavy atom. The Morgan fingerprint density at radius 1 is 1.50 bits per heavy atom. The van der Waals surface area contributed by atoms with Gasteiger partial charge in [0, 0.05) is 23.3 Å². The van der Waals surface area contributed by atoms with Crippen molar-refractivity contribution in [2.24, 2.45) is 0 Å². The maximum atomic E-state index is 14.0. The number of nitrogens with zero attached hydrogens (tertiary/aromatic N) is 1. The molecule has 0 aliphatic heterocycles. The number of carbonyl (C=O) groups is 1. The molecule has 0 saturated carbocycles. The molecular weight excluding hydrogens is 259 g/mol. The first-order chi connectivity index (χ1) is 9.49. The standard InChI is InChI=1S/C14H17FN4O/c1-8(2)19-12(20)7-18-14-10(15)6-11(16)9-4-3-5-17-13(9)14/h3-6,8,18H,7,16H2,1-2H3,(H,19,20). The minimum atomic E-state index is -0.522. The summed E-state index contributed by atoms with van der Waals surface area (Å²) in [6, 6.07) is 4.75. The van der Waals surface area contributed by atoms with E-state index in [0.29, 0.717) is 16.6 Å². The molecule has 106 valence electrons. The molecule has 1 amide bonds. The third-order valence-corrected chi connectivity index (χ3v) is 2.75. The highest BCUT2D eigenvalue weighted by atomic mass is 19.1. The fourth-order valence-electron chi connectivity index (χ4n) is 1.95. The molecule has 1 aromatic heterocycles. The van der Waals surface area contributed by atoms with Crippen molar-refractivity contribution in [3.05, 3.63) is 30.2 Å². The smallest absolute Gasteiger partial charge is 0.239 e. The number of anilines is 2. The Balaban J connectivity index is 2.28. The van der Waals surface area contributed by atoms with Gasteiger partial charge in [-0.2, -0.15) is 0 Å². The van der Waals surface area contributed by atoms with Crippen LogP contribution in [0.15, 0.2) is 24.4 Å². The van der Waals surface area contributed by atoms with Gasteiger partial charge in [-0.3, -0.25) is 9.78 Å². The van der Waals surface area contributed by atoms with Gasteiger partial charge >= 0.3 is 0 Å². The predicted molar refractivity (Wildman–Crippen MR) is 77.9 cm³/mol. The summed E-state index contributed by atoms with van der Waals surface area (Å²) in [6.45, 7) is 3.70. The quantitative estimate of drug-likeness (QED) is 0.745. The lowest BCUT2D eigenvalue weighted by Crippen LogP contribution is -2.35. The van der Waals surface area contributed by atoms with E-state index in [1.54, 1.807) is 18.3 Å². The largest absolute Gasteiger partial charge is 0.398 e. The molecule has 0 spiro atoms. The van der Waals surface area contributed by atoms with Crippen LogP contribution in [0, 0.1) is 5.82 Å². The Hall–Kier alpha value is -2.37. The van der Waals surface area contributed by atoms with Gasteiger partial charge in [0.25, 0.3) is 0 Å². The number of fused-ring (bicyclic) bond motifs is 1.